The minimum absolute atomic E-state index is 0.000532. The van der Waals surface area contributed by atoms with Gasteiger partial charge in [0.25, 0.3) is 0 Å². The summed E-state index contributed by atoms with van der Waals surface area (Å²) in [6.07, 6.45) is 0.470. The SMILES string of the molecule is O=C(CC(c1ccccc1)c1ccccc1O)N1CCN(C(=O)CC(c2ccccc2)c2ccccc2O)CC1. The highest BCUT2D eigenvalue weighted by Crippen LogP contribution is 2.35. The van der Waals surface area contributed by atoms with E-state index < -0.39 is 0 Å². The molecule has 5 rings (SSSR count). The summed E-state index contributed by atoms with van der Waals surface area (Å²) in [5.41, 5.74) is 3.41. The van der Waals surface area contributed by atoms with Gasteiger partial charge in [0.2, 0.25) is 11.8 Å². The van der Waals surface area contributed by atoms with E-state index in [2.05, 4.69) is 0 Å². The number of rotatable bonds is 8. The lowest BCUT2D eigenvalue weighted by molar-refractivity contribution is -0.139. The number of hydrogen-bond donors (Lipinski definition) is 2. The molecule has 6 nitrogen and oxygen atoms in total. The molecule has 2 unspecified atom stereocenters. The molecule has 1 saturated heterocycles. The van der Waals surface area contributed by atoms with Crippen LogP contribution in [0.25, 0.3) is 0 Å². The number of carbonyl (C=O) groups excluding carboxylic acids is 2. The van der Waals surface area contributed by atoms with Gasteiger partial charge >= 0.3 is 0 Å². The third kappa shape index (κ3) is 6.18. The van der Waals surface area contributed by atoms with Crippen molar-refractivity contribution in [3.05, 3.63) is 131 Å². The zero-order valence-electron chi connectivity index (χ0n) is 22.4. The lowest BCUT2D eigenvalue weighted by atomic mass is 9.87. The maximum atomic E-state index is 13.4. The number of hydrogen-bond acceptors (Lipinski definition) is 4. The number of carbonyl (C=O) groups is 2. The molecule has 1 fully saturated rings. The van der Waals surface area contributed by atoms with E-state index in [1.165, 1.54) is 0 Å². The Morgan fingerprint density at radius 3 is 1.20 bits per heavy atom. The molecule has 0 spiro atoms. The molecule has 6 heteroatoms. The molecule has 1 aliphatic rings. The molecule has 0 aliphatic carbocycles. The second-order valence-corrected chi connectivity index (χ2v) is 10.2. The Kier molecular flexibility index (Phi) is 8.45. The van der Waals surface area contributed by atoms with Crippen molar-refractivity contribution in [1.29, 1.82) is 0 Å². The summed E-state index contributed by atoms with van der Waals surface area (Å²) < 4.78 is 0. The number of amides is 2. The van der Waals surface area contributed by atoms with Crippen molar-refractivity contribution in [2.75, 3.05) is 26.2 Å². The second-order valence-electron chi connectivity index (χ2n) is 10.2. The average Bonchev–Trinajstić information content (AvgIpc) is 3.00. The zero-order valence-corrected chi connectivity index (χ0v) is 22.4. The quantitative estimate of drug-likeness (QED) is 0.312. The molecule has 0 aromatic heterocycles. The summed E-state index contributed by atoms with van der Waals surface area (Å²) in [7, 11) is 0. The van der Waals surface area contributed by atoms with Gasteiger partial charge in [-0.3, -0.25) is 9.59 Å². The van der Waals surface area contributed by atoms with Crippen molar-refractivity contribution in [3.63, 3.8) is 0 Å². The minimum Gasteiger partial charge on any atom is -0.508 e. The highest BCUT2D eigenvalue weighted by atomic mass is 16.3. The van der Waals surface area contributed by atoms with E-state index in [0.29, 0.717) is 26.2 Å². The van der Waals surface area contributed by atoms with E-state index in [9.17, 15) is 19.8 Å². The van der Waals surface area contributed by atoms with Crippen molar-refractivity contribution < 1.29 is 19.8 Å². The number of piperazine rings is 1. The predicted octanol–water partition coefficient (Wildman–Crippen LogP) is 5.51. The Hall–Kier alpha value is -4.58. The van der Waals surface area contributed by atoms with E-state index in [-0.39, 0.29) is 48.0 Å². The first-order valence-electron chi connectivity index (χ1n) is 13.7. The third-order valence-corrected chi connectivity index (χ3v) is 7.77. The third-order valence-electron chi connectivity index (χ3n) is 7.77. The molecule has 0 radical (unpaired) electrons. The zero-order chi connectivity index (χ0) is 27.9. The van der Waals surface area contributed by atoms with Gasteiger partial charge in [0, 0.05) is 62.0 Å². The molecule has 204 valence electrons. The maximum absolute atomic E-state index is 13.4. The first-order chi connectivity index (χ1) is 19.5. The first kappa shape index (κ1) is 27.0. The fraction of sp³-hybridized carbons (Fsp3) is 0.235. The number of phenols is 2. The van der Waals surface area contributed by atoms with Crippen LogP contribution in [0.5, 0.6) is 11.5 Å². The van der Waals surface area contributed by atoms with Crippen LogP contribution in [0.1, 0.15) is 46.9 Å². The van der Waals surface area contributed by atoms with Gasteiger partial charge in [-0.2, -0.15) is 0 Å². The molecule has 2 amide bonds. The van der Waals surface area contributed by atoms with Crippen LogP contribution in [-0.4, -0.2) is 58.0 Å². The van der Waals surface area contributed by atoms with Gasteiger partial charge in [0.1, 0.15) is 11.5 Å². The molecule has 0 bridgehead atoms. The molecule has 0 saturated carbocycles. The smallest absolute Gasteiger partial charge is 0.223 e. The van der Waals surface area contributed by atoms with Crippen molar-refractivity contribution in [2.45, 2.75) is 24.7 Å². The molecule has 1 heterocycles. The van der Waals surface area contributed by atoms with E-state index >= 15 is 0 Å². The Balaban J connectivity index is 1.25. The maximum Gasteiger partial charge on any atom is 0.223 e. The predicted molar refractivity (Wildman–Crippen MR) is 155 cm³/mol. The fourth-order valence-corrected chi connectivity index (χ4v) is 5.56. The average molecular weight is 535 g/mol. The number of benzene rings is 4. The molecule has 4 aromatic carbocycles. The summed E-state index contributed by atoms with van der Waals surface area (Å²) in [6, 6.07) is 33.9. The molecule has 2 atom stereocenters. The molecule has 2 N–H and O–H groups in total. The van der Waals surface area contributed by atoms with Gasteiger partial charge in [-0.25, -0.2) is 0 Å². The number of aromatic hydroxyl groups is 2. The van der Waals surface area contributed by atoms with Crippen LogP contribution in [-0.2, 0) is 9.59 Å². The number of phenolic OH excluding ortho intramolecular Hbond substituents is 2. The van der Waals surface area contributed by atoms with Gasteiger partial charge in [0.15, 0.2) is 0 Å². The standard InChI is InChI=1S/C34H34N2O4/c37-31-17-9-7-15-27(31)29(25-11-3-1-4-12-25)23-33(39)35-19-21-36(22-20-35)34(40)24-30(26-13-5-2-6-14-26)28-16-8-10-18-32(28)38/h1-18,29-30,37-38H,19-24H2. The van der Waals surface area contributed by atoms with Crippen molar-refractivity contribution >= 4 is 11.8 Å². The van der Waals surface area contributed by atoms with Crippen LogP contribution >= 0.6 is 0 Å². The van der Waals surface area contributed by atoms with Gasteiger partial charge < -0.3 is 20.0 Å². The highest BCUT2D eigenvalue weighted by Gasteiger charge is 2.30. The van der Waals surface area contributed by atoms with E-state index in [1.807, 2.05) is 94.7 Å². The minimum atomic E-state index is -0.264. The van der Waals surface area contributed by atoms with E-state index in [1.54, 1.807) is 24.3 Å². The van der Waals surface area contributed by atoms with Gasteiger partial charge in [0.05, 0.1) is 0 Å². The molecular weight excluding hydrogens is 500 g/mol. The number of para-hydroxylation sites is 2. The van der Waals surface area contributed by atoms with Crippen LogP contribution in [0.15, 0.2) is 109 Å². The first-order valence-corrected chi connectivity index (χ1v) is 13.7. The summed E-state index contributed by atoms with van der Waals surface area (Å²) in [6.45, 7) is 1.83. The lowest BCUT2D eigenvalue weighted by Crippen LogP contribution is -2.51. The van der Waals surface area contributed by atoms with E-state index in [4.69, 9.17) is 0 Å². The van der Waals surface area contributed by atoms with Crippen molar-refractivity contribution in [2.24, 2.45) is 0 Å². The van der Waals surface area contributed by atoms with Gasteiger partial charge in [-0.05, 0) is 23.3 Å². The summed E-state index contributed by atoms with van der Waals surface area (Å²) in [5.74, 6) is -0.172. The summed E-state index contributed by atoms with van der Waals surface area (Å²) in [5, 5.41) is 21.1. The van der Waals surface area contributed by atoms with Crippen LogP contribution in [0, 0.1) is 0 Å². The molecule has 1 aliphatic heterocycles. The summed E-state index contributed by atoms with van der Waals surface area (Å²) in [4.78, 5) is 30.5. The van der Waals surface area contributed by atoms with Crippen LogP contribution in [0.3, 0.4) is 0 Å². The van der Waals surface area contributed by atoms with Gasteiger partial charge in [-0.15, -0.1) is 0 Å². The van der Waals surface area contributed by atoms with Crippen LogP contribution in [0.2, 0.25) is 0 Å². The Morgan fingerprint density at radius 2 is 0.850 bits per heavy atom. The normalized spacial score (nSPS) is 14.9. The highest BCUT2D eigenvalue weighted by molar-refractivity contribution is 5.80. The fourth-order valence-electron chi connectivity index (χ4n) is 5.56. The molecular formula is C34H34N2O4. The van der Waals surface area contributed by atoms with E-state index in [0.717, 1.165) is 22.3 Å². The Labute approximate surface area is 235 Å². The topological polar surface area (TPSA) is 81.1 Å². The van der Waals surface area contributed by atoms with Crippen molar-refractivity contribution in [1.82, 2.24) is 9.80 Å². The Morgan fingerprint density at radius 1 is 0.525 bits per heavy atom. The number of nitrogens with zero attached hydrogens (tertiary/aromatic N) is 2. The largest absolute Gasteiger partial charge is 0.508 e. The summed E-state index contributed by atoms with van der Waals surface area (Å²) >= 11 is 0. The lowest BCUT2D eigenvalue weighted by Gasteiger charge is -2.36. The van der Waals surface area contributed by atoms with Crippen LogP contribution < -0.4 is 0 Å². The molecule has 40 heavy (non-hydrogen) atoms. The molecule has 4 aromatic rings. The van der Waals surface area contributed by atoms with Crippen molar-refractivity contribution in [3.8, 4) is 11.5 Å². The Bertz CT molecular complexity index is 1320. The van der Waals surface area contributed by atoms with Crippen LogP contribution in [0.4, 0.5) is 0 Å². The van der Waals surface area contributed by atoms with Gasteiger partial charge in [-0.1, -0.05) is 97.1 Å². The monoisotopic (exact) mass is 534 g/mol. The second kappa shape index (κ2) is 12.5.